The van der Waals surface area contributed by atoms with Gasteiger partial charge in [-0.1, -0.05) is 23.2 Å². The number of carbonyl (C=O) groups is 1. The lowest BCUT2D eigenvalue weighted by Gasteiger charge is -2.10. The average molecular weight is 292 g/mol. The number of rotatable bonds is 6. The molecular formula is C11H15Cl2N3O2. The Bertz CT molecular complexity index is 404. The number of anilines is 1. The first-order valence-electron chi connectivity index (χ1n) is 5.36. The molecule has 1 aromatic heterocycles. The molecule has 1 amide bonds. The van der Waals surface area contributed by atoms with Crippen molar-refractivity contribution in [2.45, 2.75) is 6.92 Å². The summed E-state index contributed by atoms with van der Waals surface area (Å²) in [4.78, 5) is 15.5. The van der Waals surface area contributed by atoms with E-state index < -0.39 is 0 Å². The van der Waals surface area contributed by atoms with Gasteiger partial charge in [0.15, 0.2) is 5.15 Å². The minimum atomic E-state index is -0.194. The number of nitrogens with one attached hydrogen (secondary N) is 2. The summed E-state index contributed by atoms with van der Waals surface area (Å²) >= 11 is 11.7. The van der Waals surface area contributed by atoms with Gasteiger partial charge in [-0.2, -0.15) is 0 Å². The second-order valence-electron chi connectivity index (χ2n) is 3.65. The van der Waals surface area contributed by atoms with Crippen molar-refractivity contribution in [1.82, 2.24) is 10.3 Å². The van der Waals surface area contributed by atoms with E-state index in [2.05, 4.69) is 15.6 Å². The van der Waals surface area contributed by atoms with Crippen molar-refractivity contribution in [3.05, 3.63) is 21.9 Å². The molecule has 0 aromatic carbocycles. The zero-order valence-corrected chi connectivity index (χ0v) is 11.7. The van der Waals surface area contributed by atoms with Gasteiger partial charge >= 0.3 is 0 Å². The number of carbonyl (C=O) groups excluding carboxylic acids is 1. The Hall–Kier alpha value is -0.880. The van der Waals surface area contributed by atoms with Crippen molar-refractivity contribution < 1.29 is 9.53 Å². The van der Waals surface area contributed by atoms with Crippen LogP contribution in [0.2, 0.25) is 10.3 Å². The van der Waals surface area contributed by atoms with Crippen LogP contribution in [0.1, 0.15) is 5.56 Å². The molecule has 18 heavy (non-hydrogen) atoms. The summed E-state index contributed by atoms with van der Waals surface area (Å²) < 4.78 is 4.85. The normalized spacial score (nSPS) is 10.4. The third kappa shape index (κ3) is 4.78. The van der Waals surface area contributed by atoms with Gasteiger partial charge in [-0.05, 0) is 18.6 Å². The van der Waals surface area contributed by atoms with Crippen LogP contribution in [0.25, 0.3) is 0 Å². The Balaban J connectivity index is 2.54. The van der Waals surface area contributed by atoms with E-state index in [1.165, 1.54) is 0 Å². The molecular weight excluding hydrogens is 277 g/mol. The topological polar surface area (TPSA) is 63.2 Å². The van der Waals surface area contributed by atoms with Crippen molar-refractivity contribution in [1.29, 1.82) is 0 Å². The van der Waals surface area contributed by atoms with E-state index in [1.54, 1.807) is 20.1 Å². The van der Waals surface area contributed by atoms with Gasteiger partial charge in [-0.25, -0.2) is 4.98 Å². The third-order valence-electron chi connectivity index (χ3n) is 2.17. The van der Waals surface area contributed by atoms with Gasteiger partial charge in [0.1, 0.15) is 5.15 Å². The van der Waals surface area contributed by atoms with Gasteiger partial charge in [0.25, 0.3) is 0 Å². The van der Waals surface area contributed by atoms with Crippen molar-refractivity contribution in [2.24, 2.45) is 0 Å². The summed E-state index contributed by atoms with van der Waals surface area (Å²) in [5.41, 5.74) is 1.25. The van der Waals surface area contributed by atoms with Gasteiger partial charge in [0.05, 0.1) is 18.8 Å². The van der Waals surface area contributed by atoms with E-state index in [9.17, 15) is 4.79 Å². The first-order valence-corrected chi connectivity index (χ1v) is 6.12. The van der Waals surface area contributed by atoms with E-state index in [0.717, 1.165) is 5.56 Å². The number of halogens is 2. The molecule has 0 atom stereocenters. The highest BCUT2D eigenvalue weighted by Crippen LogP contribution is 2.26. The van der Waals surface area contributed by atoms with Gasteiger partial charge in [-0.15, -0.1) is 0 Å². The smallest absolute Gasteiger partial charge is 0.238 e. The number of pyridine rings is 1. The molecule has 0 unspecified atom stereocenters. The highest BCUT2D eigenvalue weighted by atomic mass is 35.5. The maximum absolute atomic E-state index is 11.6. The Morgan fingerprint density at radius 1 is 1.50 bits per heavy atom. The highest BCUT2D eigenvalue weighted by molar-refractivity contribution is 6.34. The van der Waals surface area contributed by atoms with E-state index in [4.69, 9.17) is 27.9 Å². The number of aryl methyl sites for hydroxylation is 1. The van der Waals surface area contributed by atoms with Crippen molar-refractivity contribution in [3.63, 3.8) is 0 Å². The number of hydrogen-bond acceptors (Lipinski definition) is 4. The fourth-order valence-corrected chi connectivity index (χ4v) is 1.88. The van der Waals surface area contributed by atoms with E-state index in [-0.39, 0.29) is 17.6 Å². The lowest BCUT2D eigenvalue weighted by molar-refractivity contribution is -0.115. The lowest BCUT2D eigenvalue weighted by atomic mass is 10.2. The molecule has 0 aliphatic heterocycles. The predicted molar refractivity (Wildman–Crippen MR) is 72.4 cm³/mol. The predicted octanol–water partition coefficient (Wildman–Crippen LogP) is 1.87. The molecule has 5 nitrogen and oxygen atoms in total. The molecule has 1 aromatic rings. The summed E-state index contributed by atoms with van der Waals surface area (Å²) in [6.07, 6.45) is 0. The largest absolute Gasteiger partial charge is 0.383 e. The van der Waals surface area contributed by atoms with E-state index in [1.807, 2.05) is 0 Å². The number of methoxy groups -OCH3 is 1. The van der Waals surface area contributed by atoms with Crippen LogP contribution < -0.4 is 10.6 Å². The fourth-order valence-electron chi connectivity index (χ4n) is 1.31. The van der Waals surface area contributed by atoms with Crippen molar-refractivity contribution in [3.8, 4) is 0 Å². The molecule has 1 heterocycles. The third-order valence-corrected chi connectivity index (χ3v) is 2.64. The average Bonchev–Trinajstić information content (AvgIpc) is 2.29. The maximum Gasteiger partial charge on any atom is 0.238 e. The minimum absolute atomic E-state index is 0.182. The molecule has 0 aliphatic rings. The molecule has 7 heteroatoms. The fraction of sp³-hybridized carbons (Fsp3) is 0.455. The van der Waals surface area contributed by atoms with Gasteiger partial charge in [0, 0.05) is 13.7 Å². The van der Waals surface area contributed by atoms with E-state index in [0.29, 0.717) is 24.0 Å². The summed E-state index contributed by atoms with van der Waals surface area (Å²) in [7, 11) is 1.60. The Morgan fingerprint density at radius 2 is 2.22 bits per heavy atom. The van der Waals surface area contributed by atoms with Crippen molar-refractivity contribution >= 4 is 34.8 Å². The first kappa shape index (κ1) is 15.2. The Morgan fingerprint density at radius 3 is 2.83 bits per heavy atom. The van der Waals surface area contributed by atoms with Gasteiger partial charge in [-0.3, -0.25) is 4.79 Å². The molecule has 0 spiro atoms. The second-order valence-corrected chi connectivity index (χ2v) is 4.39. The molecule has 0 saturated heterocycles. The maximum atomic E-state index is 11.6. The Kier molecular flexibility index (Phi) is 6.35. The zero-order chi connectivity index (χ0) is 13.5. The number of aromatic nitrogens is 1. The molecule has 2 N–H and O–H groups in total. The van der Waals surface area contributed by atoms with Crippen LogP contribution in [0.15, 0.2) is 6.07 Å². The summed E-state index contributed by atoms with van der Waals surface area (Å²) in [6, 6.07) is 1.64. The number of hydrogen-bond donors (Lipinski definition) is 2. The summed E-state index contributed by atoms with van der Waals surface area (Å²) in [5.74, 6) is -0.194. The van der Waals surface area contributed by atoms with Gasteiger partial charge in [0.2, 0.25) is 5.91 Å². The minimum Gasteiger partial charge on any atom is -0.383 e. The highest BCUT2D eigenvalue weighted by Gasteiger charge is 2.10. The molecule has 0 aliphatic carbocycles. The molecule has 1 rings (SSSR count). The first-order chi connectivity index (χ1) is 8.54. The summed E-state index contributed by atoms with van der Waals surface area (Å²) in [5, 5.41) is 6.10. The monoisotopic (exact) mass is 291 g/mol. The van der Waals surface area contributed by atoms with E-state index >= 15 is 0 Å². The molecule has 0 fully saturated rings. The molecule has 100 valence electrons. The van der Waals surface area contributed by atoms with Crippen LogP contribution >= 0.6 is 23.2 Å². The quantitative estimate of drug-likeness (QED) is 0.620. The van der Waals surface area contributed by atoms with Crippen LogP contribution in [-0.2, 0) is 9.53 Å². The van der Waals surface area contributed by atoms with Gasteiger partial charge < -0.3 is 15.4 Å². The standard InChI is InChI=1S/C11H15Cl2N3O2/c1-7-5-8(12)15-11(13)10(7)16-9(17)6-14-3-4-18-2/h5,14H,3-4,6H2,1-2H3,(H,16,17). The van der Waals surface area contributed by atoms with Crippen LogP contribution in [0, 0.1) is 6.92 Å². The lowest BCUT2D eigenvalue weighted by Crippen LogP contribution is -2.30. The molecule has 0 radical (unpaired) electrons. The molecule has 0 saturated carbocycles. The van der Waals surface area contributed by atoms with Crippen LogP contribution in [0.4, 0.5) is 5.69 Å². The zero-order valence-electron chi connectivity index (χ0n) is 10.2. The number of amides is 1. The number of nitrogens with zero attached hydrogens (tertiary/aromatic N) is 1. The number of ether oxygens (including phenoxy) is 1. The molecule has 0 bridgehead atoms. The van der Waals surface area contributed by atoms with Crippen LogP contribution in [0.5, 0.6) is 0 Å². The summed E-state index contributed by atoms with van der Waals surface area (Å²) in [6.45, 7) is 3.14. The van der Waals surface area contributed by atoms with Crippen LogP contribution in [-0.4, -0.2) is 37.7 Å². The Labute approximate surface area is 116 Å². The van der Waals surface area contributed by atoms with Crippen LogP contribution in [0.3, 0.4) is 0 Å². The SMILES string of the molecule is COCCNCC(=O)Nc1c(C)cc(Cl)nc1Cl. The second kappa shape index (κ2) is 7.53. The van der Waals surface area contributed by atoms with Crippen molar-refractivity contribution in [2.75, 3.05) is 32.1 Å².